The molecule has 3 N–H and O–H groups in total. The van der Waals surface area contributed by atoms with Gasteiger partial charge in [0.2, 0.25) is 5.88 Å². The molecule has 2 amide bonds. The summed E-state index contributed by atoms with van der Waals surface area (Å²) in [6.45, 7) is 2.14. The number of amides is 2. The second-order valence-electron chi connectivity index (χ2n) is 9.49. The van der Waals surface area contributed by atoms with Crippen molar-refractivity contribution in [2.24, 2.45) is 5.92 Å². The van der Waals surface area contributed by atoms with Crippen molar-refractivity contribution in [2.75, 3.05) is 13.6 Å². The average Bonchev–Trinajstić information content (AvgIpc) is 3.67. The maximum absolute atomic E-state index is 13.3. The minimum atomic E-state index is -4.90. The molecule has 40 heavy (non-hydrogen) atoms. The van der Waals surface area contributed by atoms with Crippen LogP contribution in [-0.2, 0) is 0 Å². The van der Waals surface area contributed by atoms with Gasteiger partial charge in [0, 0.05) is 29.3 Å². The Kier molecular flexibility index (Phi) is 6.97. The highest BCUT2D eigenvalue weighted by molar-refractivity contribution is 6.05. The molecule has 1 aliphatic rings. The highest BCUT2D eigenvalue weighted by Gasteiger charge is 2.33. The number of pyridine rings is 1. The van der Waals surface area contributed by atoms with Gasteiger partial charge in [0.15, 0.2) is 5.69 Å². The summed E-state index contributed by atoms with van der Waals surface area (Å²) < 4.78 is 55.4. The third-order valence-electron chi connectivity index (χ3n) is 6.55. The summed E-state index contributed by atoms with van der Waals surface area (Å²) in [6, 6.07) is 11.4. The Morgan fingerprint density at radius 3 is 2.70 bits per heavy atom. The van der Waals surface area contributed by atoms with Crippen LogP contribution >= 0.6 is 0 Å². The number of aromatic amines is 1. The summed E-state index contributed by atoms with van der Waals surface area (Å²) in [5, 5.41) is 13.2. The highest BCUT2D eigenvalue weighted by atomic mass is 19.4. The molecular weight excluding hydrogens is 527 g/mol. The Hall–Kier alpha value is -4.61. The van der Waals surface area contributed by atoms with Gasteiger partial charge in [-0.15, -0.1) is 13.2 Å². The van der Waals surface area contributed by atoms with Crippen molar-refractivity contribution in [3.05, 3.63) is 71.5 Å². The number of hydrogen-bond acceptors (Lipinski definition) is 6. The number of nitrogens with zero attached hydrogens (tertiary/aromatic N) is 2. The first-order chi connectivity index (χ1) is 19.6. The summed E-state index contributed by atoms with van der Waals surface area (Å²) in [5.74, 6) is -0.942. The van der Waals surface area contributed by atoms with E-state index >= 15 is 0 Å². The predicted molar refractivity (Wildman–Crippen MR) is 140 cm³/mol. The number of fused-ring (bicyclic) bond motifs is 1. The quantitative estimate of drug-likeness (QED) is 0.263. The number of ether oxygens (including phenoxy) is 2. The van der Waals surface area contributed by atoms with Crippen molar-refractivity contribution < 1.29 is 33.6 Å². The monoisotopic (exact) mass is 554 g/mol. The molecule has 4 aromatic rings. The van der Waals surface area contributed by atoms with E-state index in [-0.39, 0.29) is 28.6 Å². The number of carbonyl (C=O) groups excluding carboxylic acids is 2. The van der Waals surface area contributed by atoms with Crippen molar-refractivity contribution >= 4 is 22.7 Å². The van der Waals surface area contributed by atoms with E-state index in [1.54, 1.807) is 18.2 Å². The predicted octanol–water partition coefficient (Wildman–Crippen LogP) is 5.16. The molecule has 1 unspecified atom stereocenters. The van der Waals surface area contributed by atoms with Crippen LogP contribution in [0.3, 0.4) is 0 Å². The maximum atomic E-state index is 13.3. The third-order valence-corrected chi connectivity index (χ3v) is 6.55. The first-order valence-electron chi connectivity index (χ1n) is 13.2. The van der Waals surface area contributed by atoms with Crippen molar-refractivity contribution in [2.45, 2.75) is 32.2 Å². The van der Waals surface area contributed by atoms with E-state index in [0.717, 1.165) is 18.9 Å². The summed E-state index contributed by atoms with van der Waals surface area (Å²) >= 11 is 0. The van der Waals surface area contributed by atoms with Gasteiger partial charge < -0.3 is 20.1 Å². The van der Waals surface area contributed by atoms with Crippen molar-refractivity contribution in [3.63, 3.8) is 0 Å². The molecule has 12 heteroatoms. The number of nitrogens with one attached hydrogen (secondary N) is 3. The second-order valence-corrected chi connectivity index (χ2v) is 9.49. The van der Waals surface area contributed by atoms with Gasteiger partial charge in [-0.25, -0.2) is 4.98 Å². The van der Waals surface area contributed by atoms with Gasteiger partial charge >= 0.3 is 6.36 Å². The number of methoxy groups -OCH3 is 1. The molecule has 5 rings (SSSR count). The molecule has 2 aromatic heterocycles. The molecule has 0 bridgehead atoms. The number of alkyl halides is 3. The number of rotatable bonds is 9. The van der Waals surface area contributed by atoms with E-state index in [1.807, 2.05) is 0 Å². The zero-order chi connectivity index (χ0) is 29.1. The molecule has 0 spiro atoms. The van der Waals surface area contributed by atoms with Gasteiger partial charge in [0.05, 0.1) is 20.0 Å². The van der Waals surface area contributed by atoms with Gasteiger partial charge in [0.1, 0.15) is 11.3 Å². The Balaban J connectivity index is 1.39. The van der Waals surface area contributed by atoms with Crippen LogP contribution in [0.2, 0.25) is 0 Å². The molecule has 2 heterocycles. The smallest absolute Gasteiger partial charge is 0.480 e. The fraction of sp³-hybridized carbons (Fsp3) is 0.286. The Bertz CT molecular complexity index is 1590. The zero-order valence-corrected chi connectivity index (χ0v) is 21.3. The molecule has 1 saturated carbocycles. The number of aromatic nitrogens is 3. The summed E-state index contributed by atoms with van der Waals surface area (Å²) in [7, 11) is -0.504. The Morgan fingerprint density at radius 2 is 1.95 bits per heavy atom. The molecule has 1 aliphatic carbocycles. The highest BCUT2D eigenvalue weighted by Crippen LogP contribution is 2.32. The van der Waals surface area contributed by atoms with Gasteiger partial charge in [-0.1, -0.05) is 24.3 Å². The van der Waals surface area contributed by atoms with E-state index < -0.39 is 31.1 Å². The first kappa shape index (κ1) is 25.7. The lowest BCUT2D eigenvalue weighted by molar-refractivity contribution is -0.275. The van der Waals surface area contributed by atoms with E-state index in [0.29, 0.717) is 34.5 Å². The Labute approximate surface area is 228 Å². The fourth-order valence-corrected chi connectivity index (χ4v) is 4.31. The van der Waals surface area contributed by atoms with E-state index in [1.165, 1.54) is 37.4 Å². The van der Waals surface area contributed by atoms with Gasteiger partial charge in [-0.2, -0.15) is 5.10 Å². The topological polar surface area (TPSA) is 118 Å². The average molecular weight is 555 g/mol. The van der Waals surface area contributed by atoms with E-state index in [4.69, 9.17) is 6.11 Å². The number of halogens is 3. The van der Waals surface area contributed by atoms with Crippen LogP contribution in [0.5, 0.6) is 11.6 Å². The maximum Gasteiger partial charge on any atom is 0.573 e. The van der Waals surface area contributed by atoms with Crippen molar-refractivity contribution in [3.8, 4) is 22.8 Å². The fourth-order valence-electron chi connectivity index (χ4n) is 4.31. The SMILES string of the molecule is [2H]COc1ncc(-c2ccc3c(C(=O)NCC4CC4)n[nH]c3c2)cc1C(=O)NC(C)c1ccccc1OC(F)(F)F. The van der Waals surface area contributed by atoms with Gasteiger partial charge in [-0.3, -0.25) is 14.7 Å². The molecule has 0 saturated heterocycles. The summed E-state index contributed by atoms with van der Waals surface area (Å²) in [5.41, 5.74) is 2.17. The van der Waals surface area contributed by atoms with Crippen LogP contribution < -0.4 is 20.1 Å². The Morgan fingerprint density at radius 1 is 1.15 bits per heavy atom. The van der Waals surface area contributed by atoms with Crippen LogP contribution in [0, 0.1) is 5.92 Å². The van der Waals surface area contributed by atoms with Crippen LogP contribution in [0.4, 0.5) is 13.2 Å². The minimum absolute atomic E-state index is 0.0133. The third kappa shape index (κ3) is 6.00. The van der Waals surface area contributed by atoms with Crippen molar-refractivity contribution in [1.29, 1.82) is 0 Å². The van der Waals surface area contributed by atoms with Crippen molar-refractivity contribution in [1.82, 2.24) is 25.8 Å². The normalized spacial score (nSPS) is 14.3. The molecule has 208 valence electrons. The lowest BCUT2D eigenvalue weighted by Crippen LogP contribution is -2.28. The summed E-state index contributed by atoms with van der Waals surface area (Å²) in [4.78, 5) is 30.1. The standard InChI is InChI=1S/C28H26F3N5O4/c1-15(19-5-3-4-6-23(19)40-28(29,30)31)34-25(37)21-11-18(14-33-27(21)39-2)17-9-10-20-22(12-17)35-36-24(20)26(38)32-13-16-7-8-16/h3-6,9-12,14-16H,7-8,13H2,1-2H3,(H,32,38)(H,34,37)(H,35,36)/i2D. The second kappa shape index (κ2) is 10.9. The van der Waals surface area contributed by atoms with Crippen LogP contribution in [0.15, 0.2) is 54.7 Å². The number of hydrogen-bond donors (Lipinski definition) is 3. The number of carbonyl (C=O) groups is 2. The number of H-pyrrole nitrogens is 1. The first-order valence-corrected chi connectivity index (χ1v) is 12.5. The van der Waals surface area contributed by atoms with Gasteiger partial charge in [-0.05, 0) is 55.5 Å². The zero-order valence-electron chi connectivity index (χ0n) is 22.3. The lowest BCUT2D eigenvalue weighted by atomic mass is 10.0. The largest absolute Gasteiger partial charge is 0.573 e. The van der Waals surface area contributed by atoms with E-state index in [9.17, 15) is 22.8 Å². The molecule has 2 aromatic carbocycles. The molecule has 9 nitrogen and oxygen atoms in total. The molecule has 1 atom stereocenters. The lowest BCUT2D eigenvalue weighted by Gasteiger charge is -2.19. The number of para-hydroxylation sites is 1. The minimum Gasteiger partial charge on any atom is -0.480 e. The van der Waals surface area contributed by atoms with E-state index in [2.05, 4.69) is 30.6 Å². The summed E-state index contributed by atoms with van der Waals surface area (Å²) in [6.07, 6.45) is -1.20. The molecule has 0 radical (unpaired) electrons. The molecular formula is C28H26F3N5O4. The molecule has 0 aliphatic heterocycles. The van der Waals surface area contributed by atoms with Gasteiger partial charge in [0.25, 0.3) is 11.8 Å². The van der Waals surface area contributed by atoms with Crippen LogP contribution in [0.1, 0.15) is 53.6 Å². The number of benzene rings is 2. The molecule has 1 fully saturated rings. The van der Waals surface area contributed by atoms with Crippen LogP contribution in [-0.4, -0.2) is 47.0 Å². The van der Waals surface area contributed by atoms with Crippen LogP contribution in [0.25, 0.3) is 22.0 Å².